The van der Waals surface area contributed by atoms with Crippen LogP contribution in [0.15, 0.2) is 60.9 Å². The van der Waals surface area contributed by atoms with E-state index in [0.29, 0.717) is 11.7 Å². The number of nitrogens with zero attached hydrogens (tertiary/aromatic N) is 2. The van der Waals surface area contributed by atoms with Gasteiger partial charge in [-0.1, -0.05) is 42.5 Å². The molecule has 0 unspecified atom stereocenters. The Morgan fingerprint density at radius 2 is 1.52 bits per heavy atom. The molecule has 4 heteroatoms. The van der Waals surface area contributed by atoms with Crippen LogP contribution < -0.4 is 10.5 Å². The predicted octanol–water partition coefficient (Wildman–Crippen LogP) is 3.83. The molecule has 0 radical (unpaired) electrons. The van der Waals surface area contributed by atoms with Gasteiger partial charge < -0.3 is 10.5 Å². The molecule has 104 valence electrons. The molecule has 0 saturated heterocycles. The molecule has 0 aliphatic carbocycles. The van der Waals surface area contributed by atoms with Gasteiger partial charge in [0.1, 0.15) is 17.9 Å². The Hall–Kier alpha value is -2.88. The van der Waals surface area contributed by atoms with E-state index in [2.05, 4.69) is 22.1 Å². The van der Waals surface area contributed by atoms with Gasteiger partial charge in [0.25, 0.3) is 0 Å². The molecule has 1 heterocycles. The Balaban J connectivity index is 1.83. The zero-order valence-corrected chi connectivity index (χ0v) is 11.7. The van der Waals surface area contributed by atoms with E-state index in [9.17, 15) is 0 Å². The fourth-order valence-electron chi connectivity index (χ4n) is 2.01. The molecule has 21 heavy (non-hydrogen) atoms. The van der Waals surface area contributed by atoms with E-state index in [0.717, 1.165) is 16.9 Å². The van der Waals surface area contributed by atoms with Gasteiger partial charge in [0.05, 0.1) is 5.56 Å². The van der Waals surface area contributed by atoms with Gasteiger partial charge in [-0.3, -0.25) is 0 Å². The van der Waals surface area contributed by atoms with Gasteiger partial charge in [-0.2, -0.15) is 0 Å². The van der Waals surface area contributed by atoms with E-state index in [1.54, 1.807) is 0 Å². The zero-order valence-electron chi connectivity index (χ0n) is 11.7. The Kier molecular flexibility index (Phi) is 3.51. The van der Waals surface area contributed by atoms with Gasteiger partial charge in [0.15, 0.2) is 0 Å². The maximum absolute atomic E-state index is 5.75. The molecule has 1 aromatic heterocycles. The zero-order chi connectivity index (χ0) is 14.7. The quantitative estimate of drug-likeness (QED) is 0.790. The minimum Gasteiger partial charge on any atom is -0.439 e. The van der Waals surface area contributed by atoms with Crippen molar-refractivity contribution in [2.45, 2.75) is 6.92 Å². The minimum absolute atomic E-state index is 0.431. The highest BCUT2D eigenvalue weighted by Gasteiger charge is 2.06. The topological polar surface area (TPSA) is 61.0 Å². The fourth-order valence-corrected chi connectivity index (χ4v) is 2.01. The average molecular weight is 277 g/mol. The highest BCUT2D eigenvalue weighted by Crippen LogP contribution is 2.27. The molecule has 3 rings (SSSR count). The highest BCUT2D eigenvalue weighted by molar-refractivity contribution is 5.64. The lowest BCUT2D eigenvalue weighted by atomic mass is 10.1. The van der Waals surface area contributed by atoms with Crippen molar-refractivity contribution in [3.63, 3.8) is 0 Å². The van der Waals surface area contributed by atoms with E-state index in [1.807, 2.05) is 49.4 Å². The number of hydrogen-bond donors (Lipinski definition) is 1. The fraction of sp³-hybridized carbons (Fsp3) is 0.0588. The summed E-state index contributed by atoms with van der Waals surface area (Å²) < 4.78 is 5.75. The summed E-state index contributed by atoms with van der Waals surface area (Å²) >= 11 is 0. The number of aromatic nitrogens is 2. The Labute approximate surface area is 123 Å². The van der Waals surface area contributed by atoms with Crippen molar-refractivity contribution in [2.75, 3.05) is 5.73 Å². The molecule has 0 fully saturated rings. The largest absolute Gasteiger partial charge is 0.439 e. The lowest BCUT2D eigenvalue weighted by Crippen LogP contribution is -1.98. The van der Waals surface area contributed by atoms with Crippen LogP contribution in [0.4, 0.5) is 5.82 Å². The molecule has 4 nitrogen and oxygen atoms in total. The first kappa shape index (κ1) is 13.1. The van der Waals surface area contributed by atoms with Crippen molar-refractivity contribution < 1.29 is 4.74 Å². The third kappa shape index (κ3) is 2.84. The molecule has 2 aromatic carbocycles. The SMILES string of the molecule is Cc1c(N)ncnc1Oc1ccc(-c2ccccc2)cc1. The second-order valence-electron chi connectivity index (χ2n) is 4.68. The number of nitrogen functional groups attached to an aromatic ring is 1. The van der Waals surface area contributed by atoms with E-state index < -0.39 is 0 Å². The van der Waals surface area contributed by atoms with E-state index >= 15 is 0 Å². The number of nitrogens with two attached hydrogens (primary N) is 1. The smallest absolute Gasteiger partial charge is 0.227 e. The first-order valence-corrected chi connectivity index (χ1v) is 6.64. The maximum atomic E-state index is 5.75. The van der Waals surface area contributed by atoms with E-state index in [1.165, 1.54) is 11.9 Å². The third-order valence-corrected chi connectivity index (χ3v) is 3.25. The summed E-state index contributed by atoms with van der Waals surface area (Å²) in [6.07, 6.45) is 1.40. The van der Waals surface area contributed by atoms with Crippen molar-refractivity contribution in [3.05, 3.63) is 66.5 Å². The molecule has 0 aliphatic rings. The first-order chi connectivity index (χ1) is 10.2. The summed E-state index contributed by atoms with van der Waals surface area (Å²) in [5.74, 6) is 1.63. The van der Waals surface area contributed by atoms with Crippen molar-refractivity contribution in [3.8, 4) is 22.8 Å². The Bertz CT molecular complexity index is 740. The van der Waals surface area contributed by atoms with Gasteiger partial charge in [-0.05, 0) is 30.2 Å². The van der Waals surface area contributed by atoms with Crippen molar-refractivity contribution in [2.24, 2.45) is 0 Å². The van der Waals surface area contributed by atoms with Gasteiger partial charge in [0.2, 0.25) is 5.88 Å². The summed E-state index contributed by atoms with van der Waals surface area (Å²) in [4.78, 5) is 8.02. The van der Waals surface area contributed by atoms with Crippen LogP contribution in [0.3, 0.4) is 0 Å². The van der Waals surface area contributed by atoms with Gasteiger partial charge in [-0.25, -0.2) is 9.97 Å². The number of anilines is 1. The van der Waals surface area contributed by atoms with Crippen LogP contribution in [-0.2, 0) is 0 Å². The van der Waals surface area contributed by atoms with Gasteiger partial charge in [0, 0.05) is 0 Å². The average Bonchev–Trinajstić information content (AvgIpc) is 2.53. The van der Waals surface area contributed by atoms with Crippen LogP contribution in [0, 0.1) is 6.92 Å². The van der Waals surface area contributed by atoms with Crippen LogP contribution in [0.1, 0.15) is 5.56 Å². The second-order valence-corrected chi connectivity index (χ2v) is 4.68. The van der Waals surface area contributed by atoms with Gasteiger partial charge >= 0.3 is 0 Å². The first-order valence-electron chi connectivity index (χ1n) is 6.64. The molecule has 0 bridgehead atoms. The number of benzene rings is 2. The lowest BCUT2D eigenvalue weighted by Gasteiger charge is -2.09. The summed E-state index contributed by atoms with van der Waals surface area (Å²) in [5.41, 5.74) is 8.80. The molecular formula is C17H15N3O. The van der Waals surface area contributed by atoms with Crippen LogP contribution in [0.5, 0.6) is 11.6 Å². The molecule has 0 aliphatic heterocycles. The monoisotopic (exact) mass is 277 g/mol. The van der Waals surface area contributed by atoms with Crippen LogP contribution in [0.2, 0.25) is 0 Å². The summed E-state index contributed by atoms with van der Waals surface area (Å²) in [6.45, 7) is 1.84. The van der Waals surface area contributed by atoms with E-state index in [4.69, 9.17) is 10.5 Å². The highest BCUT2D eigenvalue weighted by atomic mass is 16.5. The Morgan fingerprint density at radius 3 is 2.24 bits per heavy atom. The standard InChI is InChI=1S/C17H15N3O/c1-12-16(18)19-11-20-17(12)21-15-9-7-14(8-10-15)13-5-3-2-4-6-13/h2-11H,1H3,(H2,18,19,20). The van der Waals surface area contributed by atoms with Crippen LogP contribution in [-0.4, -0.2) is 9.97 Å². The molecule has 3 aromatic rings. The number of ether oxygens (including phenoxy) is 1. The lowest BCUT2D eigenvalue weighted by molar-refractivity contribution is 0.458. The van der Waals surface area contributed by atoms with E-state index in [-0.39, 0.29) is 0 Å². The molecule has 2 N–H and O–H groups in total. The van der Waals surface area contributed by atoms with Crippen LogP contribution in [0.25, 0.3) is 11.1 Å². The molecule has 0 atom stereocenters. The second kappa shape index (κ2) is 5.63. The Morgan fingerprint density at radius 1 is 0.857 bits per heavy atom. The molecule has 0 saturated carbocycles. The van der Waals surface area contributed by atoms with Crippen molar-refractivity contribution >= 4 is 5.82 Å². The molecule has 0 spiro atoms. The normalized spacial score (nSPS) is 10.3. The van der Waals surface area contributed by atoms with Crippen LogP contribution >= 0.6 is 0 Å². The van der Waals surface area contributed by atoms with Crippen molar-refractivity contribution in [1.82, 2.24) is 9.97 Å². The van der Waals surface area contributed by atoms with Crippen molar-refractivity contribution in [1.29, 1.82) is 0 Å². The summed E-state index contributed by atoms with van der Waals surface area (Å²) in [7, 11) is 0. The summed E-state index contributed by atoms with van der Waals surface area (Å²) in [6, 6.07) is 18.1. The molecular weight excluding hydrogens is 262 g/mol. The van der Waals surface area contributed by atoms with Gasteiger partial charge in [-0.15, -0.1) is 0 Å². The summed E-state index contributed by atoms with van der Waals surface area (Å²) in [5, 5.41) is 0. The number of hydrogen-bond acceptors (Lipinski definition) is 4. The number of rotatable bonds is 3. The molecule has 0 amide bonds. The maximum Gasteiger partial charge on any atom is 0.227 e. The predicted molar refractivity (Wildman–Crippen MR) is 83.1 cm³/mol. The third-order valence-electron chi connectivity index (χ3n) is 3.25. The minimum atomic E-state index is 0.431.